The van der Waals surface area contributed by atoms with Gasteiger partial charge in [0.05, 0.1) is 18.2 Å². The summed E-state index contributed by atoms with van der Waals surface area (Å²) in [6.45, 7) is 9.23. The first-order valence-corrected chi connectivity index (χ1v) is 11.8. The van der Waals surface area contributed by atoms with Crippen molar-refractivity contribution in [3.8, 4) is 0 Å². The maximum atomic E-state index is 13.1. The minimum absolute atomic E-state index is 0.201. The van der Waals surface area contributed by atoms with Gasteiger partial charge in [-0.1, -0.05) is 27.2 Å². The highest BCUT2D eigenvalue weighted by Crippen LogP contribution is 2.31. The number of likely N-dealkylation sites (tertiary alicyclic amines) is 1. The predicted molar refractivity (Wildman–Crippen MR) is 112 cm³/mol. The Hall–Kier alpha value is -0.420. The van der Waals surface area contributed by atoms with Crippen LogP contribution >= 0.6 is 11.8 Å². The summed E-state index contributed by atoms with van der Waals surface area (Å²) in [6, 6.07) is -1.18. The maximum absolute atomic E-state index is 13.1. The van der Waals surface area contributed by atoms with E-state index in [2.05, 4.69) is 17.1 Å². The average Bonchev–Trinajstić information content (AvgIpc) is 3.10. The van der Waals surface area contributed by atoms with Gasteiger partial charge in [-0.05, 0) is 38.0 Å². The van der Waals surface area contributed by atoms with Crippen LogP contribution < -0.4 is 5.32 Å². The molecule has 0 aromatic heterocycles. The highest BCUT2D eigenvalue weighted by Gasteiger charge is 2.48. The van der Waals surface area contributed by atoms with Crippen molar-refractivity contribution in [3.05, 3.63) is 0 Å². The van der Waals surface area contributed by atoms with Gasteiger partial charge in [0.2, 0.25) is 5.91 Å². The van der Waals surface area contributed by atoms with Crippen LogP contribution in [-0.4, -0.2) is 98.1 Å². The number of likely N-dealkylation sites (N-methyl/N-ethyl adjacent to an activating group) is 1. The Labute approximate surface area is 178 Å². The Bertz CT molecular complexity index is 525. The van der Waals surface area contributed by atoms with Crippen LogP contribution in [0.15, 0.2) is 0 Å². The van der Waals surface area contributed by atoms with Crippen molar-refractivity contribution < 1.29 is 30.0 Å². The van der Waals surface area contributed by atoms with E-state index in [1.54, 1.807) is 0 Å². The molecule has 170 valence electrons. The predicted octanol–water partition coefficient (Wildman–Crippen LogP) is -0.0768. The van der Waals surface area contributed by atoms with Gasteiger partial charge in [-0.2, -0.15) is 0 Å². The zero-order valence-electron chi connectivity index (χ0n) is 17.9. The third-order valence-corrected chi connectivity index (χ3v) is 7.07. The molecule has 0 radical (unpaired) electrons. The lowest BCUT2D eigenvalue weighted by atomic mass is 9.92. The molecule has 0 saturated carbocycles. The smallest absolute Gasteiger partial charge is 0.237 e. The lowest BCUT2D eigenvalue weighted by molar-refractivity contribution is -0.211. The second kappa shape index (κ2) is 11.3. The Kier molecular flexibility index (Phi) is 9.66. The number of carbonyl (C=O) groups is 1. The van der Waals surface area contributed by atoms with Gasteiger partial charge in [-0.25, -0.2) is 0 Å². The fraction of sp³-hybridized carbons (Fsp3) is 0.950. The van der Waals surface area contributed by atoms with Gasteiger partial charge in [-0.15, -0.1) is 11.8 Å². The monoisotopic (exact) mass is 434 g/mol. The normalized spacial score (nSPS) is 38.0. The number of aliphatic hydroxyl groups is 4. The lowest BCUT2D eigenvalue weighted by Crippen LogP contribution is -2.65. The molecule has 2 aliphatic rings. The Balaban J connectivity index is 2.13. The van der Waals surface area contributed by atoms with E-state index < -0.39 is 42.0 Å². The van der Waals surface area contributed by atoms with Crippen LogP contribution in [0.5, 0.6) is 0 Å². The van der Waals surface area contributed by atoms with Crippen molar-refractivity contribution >= 4 is 17.7 Å². The average molecular weight is 435 g/mol. The van der Waals surface area contributed by atoms with Gasteiger partial charge in [0.25, 0.3) is 0 Å². The van der Waals surface area contributed by atoms with Crippen molar-refractivity contribution in [2.75, 3.05) is 18.8 Å². The van der Waals surface area contributed by atoms with E-state index in [1.165, 1.54) is 18.7 Å². The summed E-state index contributed by atoms with van der Waals surface area (Å²) < 4.78 is 5.84. The quantitative estimate of drug-likeness (QED) is 0.342. The van der Waals surface area contributed by atoms with Crippen LogP contribution in [0.25, 0.3) is 0 Å². The summed E-state index contributed by atoms with van der Waals surface area (Å²) in [5.74, 6) is 0.918. The van der Waals surface area contributed by atoms with E-state index >= 15 is 0 Å². The third kappa shape index (κ3) is 5.84. The molecule has 0 spiro atoms. The molecular formula is C20H38N2O6S. The molecule has 0 aromatic rings. The number of ether oxygens (including phenoxy) is 1. The molecule has 2 aliphatic heterocycles. The largest absolute Gasteiger partial charge is 0.391 e. The maximum Gasteiger partial charge on any atom is 0.237 e. The Morgan fingerprint density at radius 3 is 2.45 bits per heavy atom. The number of carbonyl (C=O) groups excluding carboxylic acids is 1. The number of nitrogens with one attached hydrogen (secondary N) is 1. The highest BCUT2D eigenvalue weighted by atomic mass is 32.2. The molecule has 8 nitrogen and oxygen atoms in total. The van der Waals surface area contributed by atoms with Gasteiger partial charge in [0.15, 0.2) is 0 Å². The number of hydrogen-bond donors (Lipinski definition) is 5. The van der Waals surface area contributed by atoms with Crippen molar-refractivity contribution in [3.63, 3.8) is 0 Å². The van der Waals surface area contributed by atoms with E-state index in [9.17, 15) is 25.2 Å². The molecule has 9 atom stereocenters. The van der Waals surface area contributed by atoms with Gasteiger partial charge >= 0.3 is 0 Å². The molecule has 29 heavy (non-hydrogen) atoms. The number of thioether (sulfide) groups is 1. The number of rotatable bonds is 9. The van der Waals surface area contributed by atoms with Gasteiger partial charge in [0, 0.05) is 6.54 Å². The van der Waals surface area contributed by atoms with Gasteiger partial charge in [-0.3, -0.25) is 9.69 Å². The highest BCUT2D eigenvalue weighted by molar-refractivity contribution is 7.99. The van der Waals surface area contributed by atoms with Crippen molar-refractivity contribution in [1.29, 1.82) is 0 Å². The summed E-state index contributed by atoms with van der Waals surface area (Å²) in [5.41, 5.74) is -0.742. The molecule has 0 bridgehead atoms. The van der Waals surface area contributed by atoms with E-state index in [4.69, 9.17) is 4.74 Å². The first-order chi connectivity index (χ1) is 13.7. The number of hydrogen-bond acceptors (Lipinski definition) is 8. The molecule has 2 fully saturated rings. The van der Waals surface area contributed by atoms with E-state index in [0.29, 0.717) is 11.7 Å². The molecule has 1 amide bonds. The van der Waals surface area contributed by atoms with Crippen LogP contribution in [0, 0.1) is 5.92 Å². The van der Waals surface area contributed by atoms with E-state index in [-0.39, 0.29) is 11.9 Å². The zero-order valence-corrected chi connectivity index (χ0v) is 18.7. The first-order valence-electron chi connectivity index (χ1n) is 10.8. The molecule has 0 aliphatic carbocycles. The number of nitrogens with zero attached hydrogens (tertiary/aromatic N) is 1. The van der Waals surface area contributed by atoms with Crippen LogP contribution in [-0.2, 0) is 9.53 Å². The van der Waals surface area contributed by atoms with Crippen LogP contribution in [0.3, 0.4) is 0 Å². The SMILES string of the molecule is CCC[C@@H]1C[C@@H](C(=O)N[C@@H]([C@@H]2O[C@H](SCC)[C@@H](O)[C@H](O)[C@H]2O)[C@@H](C)O)N(CC)C1. The molecule has 5 N–H and O–H groups in total. The summed E-state index contributed by atoms with van der Waals surface area (Å²) >= 11 is 1.31. The third-order valence-electron chi connectivity index (χ3n) is 6.02. The molecule has 0 aromatic carbocycles. The van der Waals surface area contributed by atoms with Crippen molar-refractivity contribution in [1.82, 2.24) is 10.2 Å². The lowest BCUT2D eigenvalue weighted by Gasteiger charge is -2.44. The van der Waals surface area contributed by atoms with Crippen LogP contribution in [0.4, 0.5) is 0 Å². The minimum Gasteiger partial charge on any atom is -0.391 e. The van der Waals surface area contributed by atoms with E-state index in [1.807, 2.05) is 13.8 Å². The minimum atomic E-state index is -1.42. The second-order valence-corrected chi connectivity index (χ2v) is 9.54. The van der Waals surface area contributed by atoms with Crippen molar-refractivity contribution in [2.45, 2.75) is 95.0 Å². The Morgan fingerprint density at radius 2 is 1.90 bits per heavy atom. The topological polar surface area (TPSA) is 122 Å². The molecule has 9 heteroatoms. The van der Waals surface area contributed by atoms with E-state index in [0.717, 1.165) is 32.4 Å². The Morgan fingerprint density at radius 1 is 1.21 bits per heavy atom. The second-order valence-electron chi connectivity index (χ2n) is 8.16. The fourth-order valence-corrected chi connectivity index (χ4v) is 5.34. The van der Waals surface area contributed by atoms with Crippen LogP contribution in [0.2, 0.25) is 0 Å². The fourth-order valence-electron chi connectivity index (χ4n) is 4.45. The first kappa shape index (κ1) is 24.8. The number of amides is 1. The molecule has 2 saturated heterocycles. The van der Waals surface area contributed by atoms with Gasteiger partial charge in [0.1, 0.15) is 29.9 Å². The number of aliphatic hydroxyl groups excluding tert-OH is 4. The molecule has 2 heterocycles. The summed E-state index contributed by atoms with van der Waals surface area (Å²) in [6.07, 6.45) is -3.18. The summed E-state index contributed by atoms with van der Waals surface area (Å²) in [4.78, 5) is 15.2. The van der Waals surface area contributed by atoms with Crippen molar-refractivity contribution in [2.24, 2.45) is 5.92 Å². The van der Waals surface area contributed by atoms with Crippen LogP contribution in [0.1, 0.15) is 47.0 Å². The molecular weight excluding hydrogens is 396 g/mol. The zero-order chi connectivity index (χ0) is 21.7. The molecule has 2 rings (SSSR count). The summed E-state index contributed by atoms with van der Waals surface area (Å²) in [7, 11) is 0. The molecule has 0 unspecified atom stereocenters. The summed E-state index contributed by atoms with van der Waals surface area (Å²) in [5, 5.41) is 44.1. The van der Waals surface area contributed by atoms with Gasteiger partial charge < -0.3 is 30.5 Å². The standard InChI is InChI=1S/C20H38N2O6S/c1-5-8-12-9-13(22(6-2)10-12)19(27)21-14(11(4)23)18-16(25)15(24)17(26)20(28-18)29-7-3/h11-18,20,23-26H,5-10H2,1-4H3,(H,21,27)/t11-,12-,13+,14-,15-,16-,17+,18+,20-/m1/s1.